The first-order valence-electron chi connectivity index (χ1n) is 6.09. The molecule has 0 aliphatic heterocycles. The molecule has 0 atom stereocenters. The summed E-state index contributed by atoms with van der Waals surface area (Å²) in [4.78, 5) is 0. The minimum atomic E-state index is -0.214. The molecule has 0 heterocycles. The molecule has 1 N–H and O–H groups in total. The Labute approximate surface area is 108 Å². The average Bonchev–Trinajstić information content (AvgIpc) is 2.30. The Morgan fingerprint density at radius 1 is 0.944 bits per heavy atom. The van der Waals surface area contributed by atoms with Gasteiger partial charge < -0.3 is 5.32 Å². The zero-order valence-electron chi connectivity index (χ0n) is 11.3. The number of hydrogen-bond acceptors (Lipinski definition) is 1. The predicted molar refractivity (Wildman–Crippen MR) is 75.1 cm³/mol. The molecule has 0 spiro atoms. The summed E-state index contributed by atoms with van der Waals surface area (Å²) in [6, 6.07) is 9.30. The summed E-state index contributed by atoms with van der Waals surface area (Å²) in [5.74, 6) is -0.214. The van der Waals surface area contributed by atoms with Crippen LogP contribution >= 0.6 is 0 Å². The molecule has 0 bridgehead atoms. The van der Waals surface area contributed by atoms with Gasteiger partial charge in [0.2, 0.25) is 0 Å². The third-order valence-electron chi connectivity index (χ3n) is 3.29. The molecule has 0 amide bonds. The van der Waals surface area contributed by atoms with E-state index in [4.69, 9.17) is 0 Å². The highest BCUT2D eigenvalue weighted by Gasteiger charge is 2.08. The van der Waals surface area contributed by atoms with Crippen LogP contribution in [0.2, 0.25) is 0 Å². The van der Waals surface area contributed by atoms with Crippen LogP contribution in [0.25, 0.3) is 0 Å². The Bertz CT molecular complexity index is 568. The number of hydrogen-bond donors (Lipinski definition) is 1. The molecule has 2 aromatic carbocycles. The van der Waals surface area contributed by atoms with Crippen molar-refractivity contribution in [3.63, 3.8) is 0 Å². The van der Waals surface area contributed by atoms with E-state index in [1.165, 1.54) is 17.2 Å². The summed E-state index contributed by atoms with van der Waals surface area (Å²) in [7, 11) is 0. The van der Waals surface area contributed by atoms with Crippen LogP contribution in [0.15, 0.2) is 30.3 Å². The van der Waals surface area contributed by atoms with E-state index in [1.807, 2.05) is 32.9 Å². The van der Waals surface area contributed by atoms with E-state index < -0.39 is 0 Å². The van der Waals surface area contributed by atoms with Crippen molar-refractivity contribution >= 4 is 11.4 Å². The molecule has 0 aliphatic carbocycles. The molecule has 0 saturated heterocycles. The fourth-order valence-corrected chi connectivity index (χ4v) is 2.09. The van der Waals surface area contributed by atoms with Gasteiger partial charge in [0.05, 0.1) is 5.69 Å². The van der Waals surface area contributed by atoms with E-state index in [0.717, 1.165) is 16.8 Å². The first-order chi connectivity index (χ1) is 8.49. The summed E-state index contributed by atoms with van der Waals surface area (Å²) in [5.41, 5.74) is 5.99. The minimum Gasteiger partial charge on any atom is -0.353 e. The maximum atomic E-state index is 13.8. The molecule has 2 rings (SSSR count). The molecular weight excluding hydrogens is 225 g/mol. The molecule has 1 nitrogen and oxygen atoms in total. The van der Waals surface area contributed by atoms with Crippen LogP contribution < -0.4 is 5.32 Å². The lowest BCUT2D eigenvalue weighted by Crippen LogP contribution is -2.00. The Morgan fingerprint density at radius 2 is 1.67 bits per heavy atom. The maximum Gasteiger partial charge on any atom is 0.146 e. The molecule has 0 saturated carbocycles. The van der Waals surface area contributed by atoms with Crippen LogP contribution in [-0.2, 0) is 0 Å². The second kappa shape index (κ2) is 4.81. The van der Waals surface area contributed by atoms with Gasteiger partial charge in [-0.1, -0.05) is 18.2 Å². The Kier molecular flexibility index (Phi) is 3.37. The monoisotopic (exact) mass is 243 g/mol. The van der Waals surface area contributed by atoms with Gasteiger partial charge in [0.15, 0.2) is 0 Å². The van der Waals surface area contributed by atoms with Crippen molar-refractivity contribution in [3.05, 3.63) is 58.4 Å². The fraction of sp³-hybridized carbons (Fsp3) is 0.250. The van der Waals surface area contributed by atoms with Crippen molar-refractivity contribution in [1.29, 1.82) is 0 Å². The highest BCUT2D eigenvalue weighted by Crippen LogP contribution is 2.28. The van der Waals surface area contributed by atoms with E-state index in [9.17, 15) is 4.39 Å². The molecule has 2 heteroatoms. The molecule has 18 heavy (non-hydrogen) atoms. The molecule has 0 aromatic heterocycles. The fourth-order valence-electron chi connectivity index (χ4n) is 2.09. The van der Waals surface area contributed by atoms with E-state index in [0.29, 0.717) is 5.69 Å². The summed E-state index contributed by atoms with van der Waals surface area (Å²) in [5, 5.41) is 3.22. The van der Waals surface area contributed by atoms with E-state index in [1.54, 1.807) is 6.07 Å². The van der Waals surface area contributed by atoms with Gasteiger partial charge in [-0.25, -0.2) is 4.39 Å². The highest BCUT2D eigenvalue weighted by atomic mass is 19.1. The number of rotatable bonds is 2. The van der Waals surface area contributed by atoms with Crippen molar-refractivity contribution in [3.8, 4) is 0 Å². The lowest BCUT2D eigenvalue weighted by atomic mass is 10.0. The van der Waals surface area contributed by atoms with Crippen LogP contribution in [0.5, 0.6) is 0 Å². The lowest BCUT2D eigenvalue weighted by Gasteiger charge is -2.15. The van der Waals surface area contributed by atoms with Gasteiger partial charge in [0.1, 0.15) is 5.82 Å². The quantitative estimate of drug-likeness (QED) is 0.798. The molecule has 0 aliphatic rings. The van der Waals surface area contributed by atoms with E-state index in [-0.39, 0.29) is 5.82 Å². The van der Waals surface area contributed by atoms with Gasteiger partial charge in [0.25, 0.3) is 0 Å². The lowest BCUT2D eigenvalue weighted by molar-refractivity contribution is 0.631. The highest BCUT2D eigenvalue weighted by molar-refractivity contribution is 5.68. The van der Waals surface area contributed by atoms with Crippen LogP contribution in [-0.4, -0.2) is 0 Å². The standard InChI is InChI=1S/C16H18FN/c1-10-8-12(3)13(4)15(9-10)18-16-11(2)6-5-7-14(16)17/h5-9,18H,1-4H3. The zero-order chi connectivity index (χ0) is 13.3. The number of para-hydroxylation sites is 1. The second-order valence-corrected chi connectivity index (χ2v) is 4.81. The number of anilines is 2. The third-order valence-corrected chi connectivity index (χ3v) is 3.29. The summed E-state index contributed by atoms with van der Waals surface area (Å²) in [6.45, 7) is 8.07. The third kappa shape index (κ3) is 2.37. The normalized spacial score (nSPS) is 10.5. The van der Waals surface area contributed by atoms with Gasteiger partial charge in [-0.2, -0.15) is 0 Å². The average molecular weight is 243 g/mol. The van der Waals surface area contributed by atoms with E-state index in [2.05, 4.69) is 18.3 Å². The Hall–Kier alpha value is -1.83. The molecule has 0 unspecified atom stereocenters. The first-order valence-corrected chi connectivity index (χ1v) is 6.09. The zero-order valence-corrected chi connectivity index (χ0v) is 11.3. The summed E-state index contributed by atoms with van der Waals surface area (Å²) < 4.78 is 13.8. The van der Waals surface area contributed by atoms with Gasteiger partial charge in [-0.3, -0.25) is 0 Å². The second-order valence-electron chi connectivity index (χ2n) is 4.81. The van der Waals surface area contributed by atoms with Gasteiger partial charge in [-0.05, 0) is 62.1 Å². The Balaban J connectivity index is 2.46. The number of benzene rings is 2. The summed E-state index contributed by atoms with van der Waals surface area (Å²) >= 11 is 0. The summed E-state index contributed by atoms with van der Waals surface area (Å²) in [6.07, 6.45) is 0. The number of nitrogens with one attached hydrogen (secondary N) is 1. The Morgan fingerprint density at radius 3 is 2.33 bits per heavy atom. The van der Waals surface area contributed by atoms with E-state index >= 15 is 0 Å². The smallest absolute Gasteiger partial charge is 0.146 e. The molecular formula is C16H18FN. The van der Waals surface area contributed by atoms with Crippen molar-refractivity contribution in [2.24, 2.45) is 0 Å². The van der Waals surface area contributed by atoms with Crippen LogP contribution in [0.4, 0.5) is 15.8 Å². The van der Waals surface area contributed by atoms with Crippen LogP contribution in [0.3, 0.4) is 0 Å². The number of halogens is 1. The van der Waals surface area contributed by atoms with Crippen molar-refractivity contribution in [2.75, 3.05) is 5.32 Å². The largest absolute Gasteiger partial charge is 0.353 e. The van der Waals surface area contributed by atoms with Gasteiger partial charge in [0, 0.05) is 5.69 Å². The molecule has 2 aromatic rings. The molecule has 94 valence electrons. The van der Waals surface area contributed by atoms with Crippen LogP contribution in [0, 0.1) is 33.5 Å². The van der Waals surface area contributed by atoms with Gasteiger partial charge >= 0.3 is 0 Å². The topological polar surface area (TPSA) is 12.0 Å². The first kappa shape index (κ1) is 12.6. The molecule has 0 fully saturated rings. The maximum absolute atomic E-state index is 13.8. The predicted octanol–water partition coefficient (Wildman–Crippen LogP) is 4.80. The SMILES string of the molecule is Cc1cc(C)c(C)c(Nc2c(C)cccc2F)c1. The van der Waals surface area contributed by atoms with Crippen molar-refractivity contribution in [2.45, 2.75) is 27.7 Å². The minimum absolute atomic E-state index is 0.214. The van der Waals surface area contributed by atoms with Gasteiger partial charge in [-0.15, -0.1) is 0 Å². The molecule has 0 radical (unpaired) electrons. The van der Waals surface area contributed by atoms with Crippen molar-refractivity contribution in [1.82, 2.24) is 0 Å². The van der Waals surface area contributed by atoms with Crippen molar-refractivity contribution < 1.29 is 4.39 Å². The number of aryl methyl sites for hydroxylation is 3. The van der Waals surface area contributed by atoms with Crippen LogP contribution in [0.1, 0.15) is 22.3 Å².